The van der Waals surface area contributed by atoms with Crippen LogP contribution < -0.4 is 10.6 Å². The second kappa shape index (κ2) is 5.05. The molecule has 0 bridgehead atoms. The van der Waals surface area contributed by atoms with Gasteiger partial charge in [-0.2, -0.15) is 0 Å². The van der Waals surface area contributed by atoms with E-state index in [0.717, 1.165) is 30.6 Å². The number of anilines is 1. The molecule has 0 radical (unpaired) electrons. The van der Waals surface area contributed by atoms with Crippen molar-refractivity contribution in [2.24, 2.45) is 17.6 Å². The molecule has 0 amide bonds. The van der Waals surface area contributed by atoms with Crippen LogP contribution in [0.25, 0.3) is 0 Å². The predicted octanol–water partition coefficient (Wildman–Crippen LogP) is 2.58. The minimum absolute atomic E-state index is 0.0169. The lowest BCUT2D eigenvalue weighted by molar-refractivity contribution is 0.356. The van der Waals surface area contributed by atoms with Gasteiger partial charge in [0.05, 0.1) is 17.6 Å². The van der Waals surface area contributed by atoms with Crippen molar-refractivity contribution in [3.8, 4) is 0 Å². The van der Waals surface area contributed by atoms with Crippen LogP contribution in [0, 0.1) is 11.8 Å². The van der Waals surface area contributed by atoms with Gasteiger partial charge in [0, 0.05) is 19.1 Å². The van der Waals surface area contributed by atoms with Crippen molar-refractivity contribution in [3.05, 3.63) is 24.0 Å². The number of aromatic nitrogens is 1. The monoisotopic (exact) mass is 233 g/mol. The Morgan fingerprint density at radius 1 is 1.29 bits per heavy atom. The van der Waals surface area contributed by atoms with Crippen molar-refractivity contribution in [3.63, 3.8) is 0 Å². The molecule has 0 spiro atoms. The number of nitrogens with two attached hydrogens (primary N) is 1. The third-order valence-electron chi connectivity index (χ3n) is 3.47. The van der Waals surface area contributed by atoms with Gasteiger partial charge in [-0.15, -0.1) is 0 Å². The van der Waals surface area contributed by atoms with Crippen LogP contribution in [0.1, 0.15) is 38.9 Å². The van der Waals surface area contributed by atoms with Crippen LogP contribution in [-0.2, 0) is 0 Å². The average Bonchev–Trinajstić information content (AvgIpc) is 2.28. The molecule has 3 nitrogen and oxygen atoms in total. The summed E-state index contributed by atoms with van der Waals surface area (Å²) < 4.78 is 0. The number of rotatable bonds is 2. The zero-order valence-corrected chi connectivity index (χ0v) is 11.1. The Bertz CT molecular complexity index is 348. The van der Waals surface area contributed by atoms with Gasteiger partial charge in [0.15, 0.2) is 0 Å². The second-order valence-electron chi connectivity index (χ2n) is 5.58. The van der Waals surface area contributed by atoms with Gasteiger partial charge < -0.3 is 10.6 Å². The quantitative estimate of drug-likeness (QED) is 0.853. The molecule has 2 N–H and O–H groups in total. The summed E-state index contributed by atoms with van der Waals surface area (Å²) in [5, 5.41) is 0. The maximum Gasteiger partial charge on any atom is 0.0569 e. The maximum atomic E-state index is 5.81. The van der Waals surface area contributed by atoms with E-state index in [1.165, 1.54) is 12.1 Å². The van der Waals surface area contributed by atoms with Crippen LogP contribution in [0.3, 0.4) is 0 Å². The molecule has 3 atom stereocenters. The summed E-state index contributed by atoms with van der Waals surface area (Å²) in [6.07, 6.45) is 3.30. The molecule has 1 fully saturated rings. The largest absolute Gasteiger partial charge is 0.370 e. The molecule has 0 aromatic carbocycles. The molecule has 2 rings (SSSR count). The first kappa shape index (κ1) is 12.4. The molecule has 1 aliphatic heterocycles. The Labute approximate surface area is 104 Å². The molecule has 2 heterocycles. The van der Waals surface area contributed by atoms with Crippen LogP contribution in [-0.4, -0.2) is 18.1 Å². The van der Waals surface area contributed by atoms with Crippen LogP contribution in [0.2, 0.25) is 0 Å². The topological polar surface area (TPSA) is 42.1 Å². The highest BCUT2D eigenvalue weighted by Crippen LogP contribution is 2.26. The van der Waals surface area contributed by atoms with Gasteiger partial charge in [0.1, 0.15) is 0 Å². The van der Waals surface area contributed by atoms with Gasteiger partial charge in [0.2, 0.25) is 0 Å². The molecule has 3 heteroatoms. The number of pyridine rings is 1. The van der Waals surface area contributed by atoms with E-state index in [-0.39, 0.29) is 6.04 Å². The zero-order valence-electron chi connectivity index (χ0n) is 11.1. The van der Waals surface area contributed by atoms with Gasteiger partial charge in [-0.05, 0) is 37.3 Å². The number of nitrogens with zero attached hydrogens (tertiary/aromatic N) is 2. The van der Waals surface area contributed by atoms with E-state index >= 15 is 0 Å². The molecular weight excluding hydrogens is 210 g/mol. The van der Waals surface area contributed by atoms with Crippen LogP contribution in [0.15, 0.2) is 18.3 Å². The highest BCUT2D eigenvalue weighted by atomic mass is 15.1. The van der Waals surface area contributed by atoms with Crippen molar-refractivity contribution < 1.29 is 0 Å². The Morgan fingerprint density at radius 2 is 1.94 bits per heavy atom. The van der Waals surface area contributed by atoms with Gasteiger partial charge in [-0.1, -0.05) is 13.8 Å². The van der Waals surface area contributed by atoms with Crippen LogP contribution >= 0.6 is 0 Å². The SMILES string of the molecule is CC1CC(C)CN(c2ccc([C@@H](C)N)nc2)C1. The van der Waals surface area contributed by atoms with Gasteiger partial charge in [-0.25, -0.2) is 0 Å². The normalized spacial score (nSPS) is 26.9. The molecule has 1 aromatic heterocycles. The molecule has 0 saturated carbocycles. The Balaban J connectivity index is 2.11. The number of hydrogen-bond acceptors (Lipinski definition) is 3. The Kier molecular flexibility index (Phi) is 3.67. The molecule has 1 saturated heterocycles. The van der Waals surface area contributed by atoms with E-state index in [9.17, 15) is 0 Å². The standard InChI is InChI=1S/C14H23N3/c1-10-6-11(2)9-17(8-10)13-4-5-14(12(3)15)16-7-13/h4-5,7,10-12H,6,8-9,15H2,1-3H3/t10?,11?,12-/m1/s1. The lowest BCUT2D eigenvalue weighted by Gasteiger charge is -2.36. The summed E-state index contributed by atoms with van der Waals surface area (Å²) in [7, 11) is 0. The second-order valence-corrected chi connectivity index (χ2v) is 5.58. The van der Waals surface area contributed by atoms with E-state index in [1.54, 1.807) is 0 Å². The summed E-state index contributed by atoms with van der Waals surface area (Å²) in [6.45, 7) is 8.90. The molecule has 1 aliphatic rings. The smallest absolute Gasteiger partial charge is 0.0569 e. The van der Waals surface area contributed by atoms with E-state index in [4.69, 9.17) is 5.73 Å². The van der Waals surface area contributed by atoms with Gasteiger partial charge in [0.25, 0.3) is 0 Å². The summed E-state index contributed by atoms with van der Waals surface area (Å²) in [6, 6.07) is 4.21. The highest BCUT2D eigenvalue weighted by Gasteiger charge is 2.22. The van der Waals surface area contributed by atoms with Gasteiger partial charge in [-0.3, -0.25) is 4.98 Å². The number of hydrogen-bond donors (Lipinski definition) is 1. The first-order chi connectivity index (χ1) is 8.06. The fourth-order valence-corrected chi connectivity index (χ4v) is 2.73. The summed E-state index contributed by atoms with van der Waals surface area (Å²) in [5.74, 6) is 1.54. The number of piperidine rings is 1. The lowest BCUT2D eigenvalue weighted by atomic mass is 9.91. The Hall–Kier alpha value is -1.09. The Morgan fingerprint density at radius 3 is 2.41 bits per heavy atom. The predicted molar refractivity (Wildman–Crippen MR) is 72.0 cm³/mol. The first-order valence-corrected chi connectivity index (χ1v) is 6.52. The van der Waals surface area contributed by atoms with Crippen molar-refractivity contribution in [2.75, 3.05) is 18.0 Å². The molecule has 1 aromatic rings. The molecular formula is C14H23N3. The van der Waals surface area contributed by atoms with E-state index in [2.05, 4.69) is 29.8 Å². The van der Waals surface area contributed by atoms with Gasteiger partial charge >= 0.3 is 0 Å². The highest BCUT2D eigenvalue weighted by molar-refractivity contribution is 5.45. The average molecular weight is 233 g/mol. The van der Waals surface area contributed by atoms with Crippen LogP contribution in [0.4, 0.5) is 5.69 Å². The van der Waals surface area contributed by atoms with Crippen molar-refractivity contribution >= 4 is 5.69 Å². The van der Waals surface area contributed by atoms with Crippen molar-refractivity contribution in [1.82, 2.24) is 4.98 Å². The molecule has 17 heavy (non-hydrogen) atoms. The summed E-state index contributed by atoms with van der Waals surface area (Å²) in [5.41, 5.74) is 8.00. The van der Waals surface area contributed by atoms with Crippen molar-refractivity contribution in [2.45, 2.75) is 33.2 Å². The zero-order chi connectivity index (χ0) is 12.4. The third kappa shape index (κ3) is 2.97. The minimum atomic E-state index is 0.0169. The maximum absolute atomic E-state index is 5.81. The summed E-state index contributed by atoms with van der Waals surface area (Å²) in [4.78, 5) is 6.88. The van der Waals surface area contributed by atoms with Crippen molar-refractivity contribution in [1.29, 1.82) is 0 Å². The minimum Gasteiger partial charge on any atom is -0.370 e. The molecule has 2 unspecified atom stereocenters. The fraction of sp³-hybridized carbons (Fsp3) is 0.643. The van der Waals surface area contributed by atoms with E-state index < -0.39 is 0 Å². The lowest BCUT2D eigenvalue weighted by Crippen LogP contribution is -2.38. The third-order valence-corrected chi connectivity index (χ3v) is 3.47. The first-order valence-electron chi connectivity index (χ1n) is 6.52. The molecule has 0 aliphatic carbocycles. The summed E-state index contributed by atoms with van der Waals surface area (Å²) >= 11 is 0. The van der Waals surface area contributed by atoms with Crippen LogP contribution in [0.5, 0.6) is 0 Å². The van der Waals surface area contributed by atoms with E-state index in [1.807, 2.05) is 19.2 Å². The fourth-order valence-electron chi connectivity index (χ4n) is 2.73. The molecule has 94 valence electrons. The van der Waals surface area contributed by atoms with E-state index in [0.29, 0.717) is 0 Å².